The van der Waals surface area contributed by atoms with E-state index in [0.717, 1.165) is 11.1 Å². The van der Waals surface area contributed by atoms with Gasteiger partial charge in [0.15, 0.2) is 12.5 Å². The normalized spacial score (nSPS) is 18.5. The van der Waals surface area contributed by atoms with E-state index >= 15 is 0 Å². The van der Waals surface area contributed by atoms with Crippen LogP contribution in [0.1, 0.15) is 23.3 Å². The monoisotopic (exact) mass is 407 g/mol. The molecule has 2 N–H and O–H groups in total. The summed E-state index contributed by atoms with van der Waals surface area (Å²) in [6.07, 6.45) is 0.0470. The Kier molecular flexibility index (Phi) is 5.99. The van der Waals surface area contributed by atoms with Gasteiger partial charge in [0, 0.05) is 6.20 Å². The Bertz CT molecular complexity index is 1020. The smallest absolute Gasteiger partial charge is 0.351 e. The minimum Gasteiger partial charge on any atom is -0.391 e. The molecule has 1 fully saturated rings. The first-order chi connectivity index (χ1) is 14.7. The number of nitrogens with zero attached hydrogens (tertiary/aromatic N) is 2. The van der Waals surface area contributed by atoms with Gasteiger partial charge >= 0.3 is 5.69 Å². The second-order valence-corrected chi connectivity index (χ2v) is 6.78. The number of amides is 1. The molecule has 2 atom stereocenters. The van der Waals surface area contributed by atoms with E-state index in [9.17, 15) is 9.59 Å². The summed E-state index contributed by atoms with van der Waals surface area (Å²) >= 11 is 0. The highest BCUT2D eigenvalue weighted by Gasteiger charge is 2.28. The fourth-order valence-electron chi connectivity index (χ4n) is 3.37. The van der Waals surface area contributed by atoms with Crippen LogP contribution in [-0.4, -0.2) is 40.1 Å². The zero-order valence-corrected chi connectivity index (χ0v) is 16.0. The maximum absolute atomic E-state index is 13.1. The molecule has 1 aromatic heterocycles. The van der Waals surface area contributed by atoms with Gasteiger partial charge in [-0.1, -0.05) is 60.7 Å². The van der Waals surface area contributed by atoms with Crippen LogP contribution in [0.2, 0.25) is 0 Å². The molecular weight excluding hydrogens is 386 g/mol. The number of aromatic nitrogens is 2. The lowest BCUT2D eigenvalue weighted by Gasteiger charge is -2.18. The molecule has 2 aromatic carbocycles. The van der Waals surface area contributed by atoms with E-state index in [1.165, 1.54) is 16.8 Å². The summed E-state index contributed by atoms with van der Waals surface area (Å²) in [6, 6.07) is 20.4. The number of benzene rings is 2. The van der Waals surface area contributed by atoms with Gasteiger partial charge in [0.25, 0.3) is 0 Å². The third kappa shape index (κ3) is 4.30. The predicted molar refractivity (Wildman–Crippen MR) is 109 cm³/mol. The van der Waals surface area contributed by atoms with Crippen LogP contribution < -0.4 is 11.0 Å². The predicted octanol–water partition coefficient (Wildman–Crippen LogP) is 1.88. The molecule has 8 heteroatoms. The van der Waals surface area contributed by atoms with Crippen LogP contribution in [0.5, 0.6) is 0 Å². The molecule has 0 unspecified atom stereocenters. The topological polar surface area (TPSA) is 103 Å². The molecule has 154 valence electrons. The van der Waals surface area contributed by atoms with Gasteiger partial charge in [-0.2, -0.15) is 4.98 Å². The molecule has 4 rings (SSSR count). The Morgan fingerprint density at radius 2 is 1.73 bits per heavy atom. The zero-order chi connectivity index (χ0) is 20.9. The Balaban J connectivity index is 1.56. The molecule has 1 amide bonds. The Morgan fingerprint density at radius 3 is 2.27 bits per heavy atom. The number of carbonyl (C=O) groups is 1. The molecule has 0 bridgehead atoms. The molecule has 2 heterocycles. The number of aliphatic hydroxyl groups excluding tert-OH is 1. The van der Waals surface area contributed by atoms with E-state index in [1.54, 1.807) is 0 Å². The summed E-state index contributed by atoms with van der Waals surface area (Å²) in [5.41, 5.74) is 1.08. The number of hydrogen-bond donors (Lipinski definition) is 2. The van der Waals surface area contributed by atoms with Crippen molar-refractivity contribution >= 4 is 11.7 Å². The highest BCUT2D eigenvalue weighted by atomic mass is 16.7. The lowest BCUT2D eigenvalue weighted by molar-refractivity contribution is -0.116. The highest BCUT2D eigenvalue weighted by Crippen LogP contribution is 2.26. The highest BCUT2D eigenvalue weighted by molar-refractivity contribution is 5.97. The van der Waals surface area contributed by atoms with Gasteiger partial charge in [-0.3, -0.25) is 9.36 Å². The van der Waals surface area contributed by atoms with Crippen molar-refractivity contribution in [3.8, 4) is 0 Å². The van der Waals surface area contributed by atoms with Gasteiger partial charge in [-0.15, -0.1) is 0 Å². The van der Waals surface area contributed by atoms with Crippen LogP contribution in [0.4, 0.5) is 5.82 Å². The molecule has 0 radical (unpaired) electrons. The maximum Gasteiger partial charge on any atom is 0.351 e. The summed E-state index contributed by atoms with van der Waals surface area (Å²) in [4.78, 5) is 29.5. The quantitative estimate of drug-likeness (QED) is 0.647. The molecule has 0 spiro atoms. The van der Waals surface area contributed by atoms with Crippen molar-refractivity contribution in [3.05, 3.63) is 94.5 Å². The van der Waals surface area contributed by atoms with Crippen LogP contribution in [-0.2, 0) is 14.3 Å². The van der Waals surface area contributed by atoms with E-state index in [1.807, 2.05) is 60.7 Å². The summed E-state index contributed by atoms with van der Waals surface area (Å²) in [6.45, 7) is -0.171. The second kappa shape index (κ2) is 9.00. The third-order valence-electron chi connectivity index (χ3n) is 4.80. The standard InChI is InChI=1S/C22H21N3O5/c26-13-19-29-14-18(30-19)25-12-11-17(24-22(25)28)23-21(27)20(15-7-3-1-4-8-15)16-9-5-2-6-10-16/h1-12,18-20,26H,13-14H2,(H,23,24,27,28)/t18-,19-/m0/s1. The summed E-state index contributed by atoms with van der Waals surface area (Å²) < 4.78 is 11.9. The summed E-state index contributed by atoms with van der Waals surface area (Å²) in [5.74, 6) is -0.693. The Labute approximate surface area is 172 Å². The molecule has 0 saturated carbocycles. The molecule has 1 aliphatic rings. The first-order valence-corrected chi connectivity index (χ1v) is 9.53. The van der Waals surface area contributed by atoms with E-state index in [0.29, 0.717) is 0 Å². The van der Waals surface area contributed by atoms with Gasteiger partial charge in [-0.05, 0) is 17.2 Å². The van der Waals surface area contributed by atoms with Crippen LogP contribution in [0.25, 0.3) is 0 Å². The van der Waals surface area contributed by atoms with Crippen molar-refractivity contribution in [1.82, 2.24) is 9.55 Å². The second-order valence-electron chi connectivity index (χ2n) is 6.78. The van der Waals surface area contributed by atoms with E-state index in [4.69, 9.17) is 14.6 Å². The van der Waals surface area contributed by atoms with Gasteiger partial charge in [0.1, 0.15) is 5.82 Å². The van der Waals surface area contributed by atoms with Gasteiger partial charge < -0.3 is 19.9 Å². The SMILES string of the molecule is O=C(Nc1ccn([C@@H]2CO[C@H](CO)O2)c(=O)n1)C(c1ccccc1)c1ccccc1. The molecule has 0 aliphatic carbocycles. The minimum atomic E-state index is -0.765. The van der Waals surface area contributed by atoms with Crippen molar-refractivity contribution in [1.29, 1.82) is 0 Å². The first kappa shape index (κ1) is 20.0. The average Bonchev–Trinajstić information content (AvgIpc) is 3.24. The first-order valence-electron chi connectivity index (χ1n) is 9.53. The van der Waals surface area contributed by atoms with Crippen LogP contribution in [0.3, 0.4) is 0 Å². The number of rotatable bonds is 6. The Morgan fingerprint density at radius 1 is 1.10 bits per heavy atom. The van der Waals surface area contributed by atoms with E-state index < -0.39 is 24.1 Å². The number of aliphatic hydroxyl groups is 1. The third-order valence-corrected chi connectivity index (χ3v) is 4.80. The van der Waals surface area contributed by atoms with Gasteiger partial charge in [-0.25, -0.2) is 4.79 Å². The van der Waals surface area contributed by atoms with Gasteiger partial charge in [0.2, 0.25) is 5.91 Å². The number of nitrogens with one attached hydrogen (secondary N) is 1. The van der Waals surface area contributed by atoms with Crippen molar-refractivity contribution in [2.45, 2.75) is 18.4 Å². The number of carbonyl (C=O) groups excluding carboxylic acids is 1. The number of ether oxygens (including phenoxy) is 2. The maximum atomic E-state index is 13.1. The van der Waals surface area contributed by atoms with E-state index in [2.05, 4.69) is 10.3 Å². The molecule has 1 saturated heterocycles. The van der Waals surface area contributed by atoms with Gasteiger partial charge in [0.05, 0.1) is 19.1 Å². The Hall–Kier alpha value is -3.33. The molecule has 1 aliphatic heterocycles. The van der Waals surface area contributed by atoms with Crippen molar-refractivity contribution < 1.29 is 19.4 Å². The zero-order valence-electron chi connectivity index (χ0n) is 16.0. The fraction of sp³-hybridized carbons (Fsp3) is 0.227. The lowest BCUT2D eigenvalue weighted by atomic mass is 9.90. The number of hydrogen-bond acceptors (Lipinski definition) is 6. The molecule has 3 aromatic rings. The molecule has 8 nitrogen and oxygen atoms in total. The van der Waals surface area contributed by atoms with E-state index in [-0.39, 0.29) is 24.9 Å². The molecule has 30 heavy (non-hydrogen) atoms. The van der Waals surface area contributed by atoms with Crippen LogP contribution >= 0.6 is 0 Å². The van der Waals surface area contributed by atoms with Crippen molar-refractivity contribution in [2.24, 2.45) is 0 Å². The lowest BCUT2D eigenvalue weighted by Crippen LogP contribution is -2.30. The molecular formula is C22H21N3O5. The average molecular weight is 407 g/mol. The van der Waals surface area contributed by atoms with Crippen LogP contribution in [0.15, 0.2) is 77.7 Å². The van der Waals surface area contributed by atoms with Crippen molar-refractivity contribution in [2.75, 3.05) is 18.5 Å². The largest absolute Gasteiger partial charge is 0.391 e. The minimum absolute atomic E-state index is 0.128. The van der Waals surface area contributed by atoms with Crippen LogP contribution in [0, 0.1) is 0 Å². The summed E-state index contributed by atoms with van der Waals surface area (Å²) in [7, 11) is 0. The fourth-order valence-corrected chi connectivity index (χ4v) is 3.37. The number of anilines is 1. The summed E-state index contributed by atoms with van der Waals surface area (Å²) in [5, 5.41) is 11.8. The van der Waals surface area contributed by atoms with Crippen molar-refractivity contribution in [3.63, 3.8) is 0 Å².